The van der Waals surface area contributed by atoms with Crippen LogP contribution in [-0.4, -0.2) is 49.1 Å². The first-order chi connectivity index (χ1) is 8.99. The second kappa shape index (κ2) is 6.90. The van der Waals surface area contributed by atoms with E-state index in [1.807, 2.05) is 0 Å². The van der Waals surface area contributed by atoms with Gasteiger partial charge < -0.3 is 9.29 Å². The van der Waals surface area contributed by atoms with Crippen molar-refractivity contribution in [3.8, 4) is 5.75 Å². The maximum atomic E-state index is 11.9. The molecule has 0 fully saturated rings. The summed E-state index contributed by atoms with van der Waals surface area (Å²) in [6.07, 6.45) is 0. The van der Waals surface area contributed by atoms with Crippen molar-refractivity contribution in [1.82, 2.24) is 0 Å². The summed E-state index contributed by atoms with van der Waals surface area (Å²) >= 11 is 0. The molecule has 0 radical (unpaired) electrons. The van der Waals surface area contributed by atoms with Gasteiger partial charge in [-0.05, 0) is 36.4 Å². The number of aromatic carboxylic acids is 1. The Hall–Kier alpha value is -1.34. The topological polar surface area (TPSA) is 80.7 Å². The second-order valence-corrected chi connectivity index (χ2v) is 5.23. The molecule has 0 aliphatic carbocycles. The molecule has 0 aromatic heterocycles. The third kappa shape index (κ3) is 4.08. The van der Waals surface area contributed by atoms with Gasteiger partial charge in [-0.1, -0.05) is 18.2 Å². The average Bonchev–Trinajstić information content (AvgIpc) is 2.40. The van der Waals surface area contributed by atoms with E-state index in [-0.39, 0.29) is 45.8 Å². The van der Waals surface area contributed by atoms with Gasteiger partial charge in [0.1, 0.15) is 10.6 Å². The molecular weight excluding hydrogens is 291 g/mol. The van der Waals surface area contributed by atoms with Crippen molar-refractivity contribution >= 4 is 45.6 Å². The molecule has 0 atom stereocenters. The van der Waals surface area contributed by atoms with E-state index >= 15 is 0 Å². The van der Waals surface area contributed by atoms with Crippen molar-refractivity contribution in [2.75, 3.05) is 0 Å². The summed E-state index contributed by atoms with van der Waals surface area (Å²) < 4.78 is 28.7. The minimum atomic E-state index is -3.89. The molecule has 7 heteroatoms. The van der Waals surface area contributed by atoms with Gasteiger partial charge in [0.25, 0.3) is 0 Å². The van der Waals surface area contributed by atoms with Gasteiger partial charge in [0.15, 0.2) is 0 Å². The monoisotopic (exact) mass is 302 g/mol. The van der Waals surface area contributed by atoms with Crippen molar-refractivity contribution in [2.45, 2.75) is 4.90 Å². The molecule has 2 aromatic rings. The summed E-state index contributed by atoms with van der Waals surface area (Å²) in [5, 5.41) is 8.73. The molecule has 2 rings (SSSR count). The van der Waals surface area contributed by atoms with E-state index in [1.165, 1.54) is 36.4 Å². The van der Waals surface area contributed by atoms with Crippen molar-refractivity contribution in [1.29, 1.82) is 0 Å². The van der Waals surface area contributed by atoms with Crippen LogP contribution >= 0.6 is 0 Å². The number of carboxylic acid groups (broad SMARTS) is 1. The fourth-order valence-electron chi connectivity index (χ4n) is 1.42. The predicted molar refractivity (Wildman–Crippen MR) is 74.8 cm³/mol. The molecule has 1 N–H and O–H groups in total. The number of hydrogen-bond acceptors (Lipinski definition) is 4. The maximum absolute atomic E-state index is 11.9. The average molecular weight is 302 g/mol. The van der Waals surface area contributed by atoms with Crippen molar-refractivity contribution < 1.29 is 22.5 Å². The van der Waals surface area contributed by atoms with Gasteiger partial charge >= 0.3 is 45.6 Å². The number of carbonyl (C=O) groups is 1. The van der Waals surface area contributed by atoms with Crippen LogP contribution in [0.15, 0.2) is 59.5 Å². The van der Waals surface area contributed by atoms with Gasteiger partial charge in [-0.25, -0.2) is 4.79 Å². The number of carboxylic acids is 1. The Morgan fingerprint density at radius 1 is 0.950 bits per heavy atom. The Balaban J connectivity index is 0.00000200. The van der Waals surface area contributed by atoms with Gasteiger partial charge in [-0.2, -0.15) is 8.42 Å². The SMILES string of the molecule is O=C(O)c1ccc(OS(=O)(=O)c2ccccc2)cc1.[NaH]. The first-order valence-corrected chi connectivity index (χ1v) is 6.73. The van der Waals surface area contributed by atoms with Gasteiger partial charge in [0.2, 0.25) is 0 Å². The van der Waals surface area contributed by atoms with Crippen LogP contribution in [0.3, 0.4) is 0 Å². The molecule has 0 heterocycles. The Labute approximate surface area is 138 Å². The van der Waals surface area contributed by atoms with Crippen LogP contribution in [0.4, 0.5) is 0 Å². The van der Waals surface area contributed by atoms with Crippen molar-refractivity contribution in [3.63, 3.8) is 0 Å². The van der Waals surface area contributed by atoms with Crippen molar-refractivity contribution in [3.05, 3.63) is 60.2 Å². The molecule has 0 spiro atoms. The summed E-state index contributed by atoms with van der Waals surface area (Å²) in [4.78, 5) is 10.7. The summed E-state index contributed by atoms with van der Waals surface area (Å²) in [6, 6.07) is 12.8. The number of rotatable bonds is 4. The summed E-state index contributed by atoms with van der Waals surface area (Å²) in [5.41, 5.74) is 0.0597. The second-order valence-electron chi connectivity index (χ2n) is 3.68. The van der Waals surface area contributed by atoms with Crippen LogP contribution in [0.5, 0.6) is 5.75 Å². The van der Waals surface area contributed by atoms with E-state index < -0.39 is 16.1 Å². The molecule has 0 saturated heterocycles. The van der Waals surface area contributed by atoms with Gasteiger partial charge in [-0.3, -0.25) is 0 Å². The Kier molecular flexibility index (Phi) is 5.76. The number of hydrogen-bond donors (Lipinski definition) is 1. The Bertz CT molecular complexity index is 680. The van der Waals surface area contributed by atoms with E-state index in [0.29, 0.717) is 0 Å². The quantitative estimate of drug-likeness (QED) is 0.684. The normalized spacial score (nSPS) is 10.4. The zero-order valence-electron chi connectivity index (χ0n) is 9.68. The van der Waals surface area contributed by atoms with Gasteiger partial charge in [-0.15, -0.1) is 0 Å². The summed E-state index contributed by atoms with van der Waals surface area (Å²) in [6.45, 7) is 0. The fraction of sp³-hybridized carbons (Fsp3) is 0. The van der Waals surface area contributed by atoms with E-state index in [2.05, 4.69) is 0 Å². The Morgan fingerprint density at radius 2 is 1.50 bits per heavy atom. The first-order valence-electron chi connectivity index (χ1n) is 5.32. The summed E-state index contributed by atoms with van der Waals surface area (Å²) in [5.74, 6) is -1.02. The van der Waals surface area contributed by atoms with E-state index in [9.17, 15) is 13.2 Å². The number of benzene rings is 2. The fourth-order valence-corrected chi connectivity index (χ4v) is 2.37. The van der Waals surface area contributed by atoms with Crippen LogP contribution in [0, 0.1) is 0 Å². The third-order valence-electron chi connectivity index (χ3n) is 2.34. The molecule has 0 aliphatic heterocycles. The van der Waals surface area contributed by atoms with Crippen LogP contribution in [0.2, 0.25) is 0 Å². The molecule has 100 valence electrons. The van der Waals surface area contributed by atoms with Crippen molar-refractivity contribution in [2.24, 2.45) is 0 Å². The third-order valence-corrected chi connectivity index (χ3v) is 3.60. The Morgan fingerprint density at radius 3 is 2.00 bits per heavy atom. The summed E-state index contributed by atoms with van der Waals surface area (Å²) in [7, 11) is -3.89. The molecule has 0 amide bonds. The van der Waals surface area contributed by atoms with Crippen LogP contribution in [0.25, 0.3) is 0 Å². The zero-order chi connectivity index (χ0) is 13.9. The molecule has 0 saturated carbocycles. The van der Waals surface area contributed by atoms with Crippen LogP contribution < -0.4 is 4.18 Å². The molecule has 20 heavy (non-hydrogen) atoms. The predicted octanol–water partition coefficient (Wildman–Crippen LogP) is 1.50. The van der Waals surface area contributed by atoms with Gasteiger partial charge in [0, 0.05) is 0 Å². The molecule has 0 unspecified atom stereocenters. The zero-order valence-corrected chi connectivity index (χ0v) is 10.5. The molecule has 2 aromatic carbocycles. The molecule has 5 nitrogen and oxygen atoms in total. The minimum absolute atomic E-state index is 0. The molecular formula is C13H11NaO5S. The van der Waals surface area contributed by atoms with E-state index in [1.54, 1.807) is 18.2 Å². The van der Waals surface area contributed by atoms with E-state index in [4.69, 9.17) is 9.29 Å². The van der Waals surface area contributed by atoms with Crippen LogP contribution in [0.1, 0.15) is 10.4 Å². The standard InChI is InChI=1S/C13H10O5S.Na.H/c14-13(15)10-6-8-11(9-7-10)18-19(16,17)12-4-2-1-3-5-12;;/h1-9H,(H,14,15);;. The first kappa shape index (κ1) is 16.7. The molecule has 0 bridgehead atoms. The molecule has 0 aliphatic rings. The van der Waals surface area contributed by atoms with Gasteiger partial charge in [0.05, 0.1) is 5.56 Å². The van der Waals surface area contributed by atoms with E-state index in [0.717, 1.165) is 0 Å². The van der Waals surface area contributed by atoms with Crippen LogP contribution in [-0.2, 0) is 10.1 Å².